The molecule has 7 nitrogen and oxygen atoms in total. The van der Waals surface area contributed by atoms with Gasteiger partial charge in [0.25, 0.3) is 0 Å². The first kappa shape index (κ1) is 20.2. The highest BCUT2D eigenvalue weighted by Gasteiger charge is 2.12. The third kappa shape index (κ3) is 5.70. The van der Waals surface area contributed by atoms with Crippen molar-refractivity contribution < 1.29 is 18.7 Å². The Hall–Kier alpha value is -3.58. The first-order chi connectivity index (χ1) is 14.0. The van der Waals surface area contributed by atoms with Gasteiger partial charge in [-0.1, -0.05) is 35.9 Å². The highest BCUT2D eigenvalue weighted by Crippen LogP contribution is 2.24. The van der Waals surface area contributed by atoms with Crippen LogP contribution in [0.4, 0.5) is 0 Å². The summed E-state index contributed by atoms with van der Waals surface area (Å²) in [5, 5.41) is 6.86. The Morgan fingerprint density at radius 3 is 2.62 bits per heavy atom. The number of halogens is 1. The minimum absolute atomic E-state index is 0.209. The monoisotopic (exact) mass is 411 g/mol. The Kier molecular flexibility index (Phi) is 6.65. The molecule has 0 radical (unpaired) electrons. The van der Waals surface area contributed by atoms with Crippen LogP contribution in [-0.4, -0.2) is 25.1 Å². The number of rotatable bonds is 6. The number of carbonyl (C=O) groups is 2. The molecule has 0 aliphatic rings. The predicted octanol–water partition coefficient (Wildman–Crippen LogP) is 3.38. The Bertz CT molecular complexity index is 1030. The summed E-state index contributed by atoms with van der Waals surface area (Å²) in [5.74, 6) is 0.0634. The minimum Gasteiger partial charge on any atom is -0.497 e. The molecule has 0 spiro atoms. The second kappa shape index (κ2) is 9.57. The van der Waals surface area contributed by atoms with Gasteiger partial charge in [0.15, 0.2) is 0 Å². The van der Waals surface area contributed by atoms with Crippen molar-refractivity contribution in [2.45, 2.75) is 6.54 Å². The van der Waals surface area contributed by atoms with Crippen molar-refractivity contribution in [1.29, 1.82) is 0 Å². The van der Waals surface area contributed by atoms with E-state index in [9.17, 15) is 9.59 Å². The number of nitrogens with zero attached hydrogens (tertiary/aromatic N) is 1. The van der Waals surface area contributed by atoms with Crippen LogP contribution in [0.2, 0.25) is 5.02 Å². The summed E-state index contributed by atoms with van der Waals surface area (Å²) in [7, 11) is 1.57. The number of nitrogens with one attached hydrogen (secondary N) is 2. The third-order valence-corrected chi connectivity index (χ3v) is 4.15. The maximum atomic E-state index is 11.8. The van der Waals surface area contributed by atoms with Crippen molar-refractivity contribution in [3.8, 4) is 17.1 Å². The number of benzene rings is 2. The summed E-state index contributed by atoms with van der Waals surface area (Å²) >= 11 is 5.97. The van der Waals surface area contributed by atoms with E-state index in [1.54, 1.807) is 55.6 Å². The molecule has 2 amide bonds. The number of carbonyl (C=O) groups excluding carboxylic acids is 2. The summed E-state index contributed by atoms with van der Waals surface area (Å²) in [6, 6.07) is 17.8. The molecule has 3 aromatic rings. The van der Waals surface area contributed by atoms with Gasteiger partial charge in [-0.2, -0.15) is 5.10 Å². The number of methoxy groups -OCH3 is 1. The average molecular weight is 412 g/mol. The van der Waals surface area contributed by atoms with Crippen LogP contribution in [0.25, 0.3) is 11.3 Å². The van der Waals surface area contributed by atoms with Crippen LogP contribution in [-0.2, 0) is 16.1 Å². The van der Waals surface area contributed by atoms with Gasteiger partial charge >= 0.3 is 11.8 Å². The van der Waals surface area contributed by atoms with E-state index in [4.69, 9.17) is 20.8 Å². The number of furan rings is 1. The van der Waals surface area contributed by atoms with Gasteiger partial charge in [0, 0.05) is 17.1 Å². The van der Waals surface area contributed by atoms with Gasteiger partial charge in [0.2, 0.25) is 0 Å². The van der Waals surface area contributed by atoms with Crippen LogP contribution >= 0.6 is 11.6 Å². The molecule has 2 aromatic carbocycles. The summed E-state index contributed by atoms with van der Waals surface area (Å²) in [6.07, 6.45) is 1.31. The fraction of sp³-hybridized carbons (Fsp3) is 0.0952. The molecule has 0 fully saturated rings. The zero-order chi connectivity index (χ0) is 20.6. The van der Waals surface area contributed by atoms with Crippen molar-refractivity contribution in [2.75, 3.05) is 7.11 Å². The molecular formula is C21H18ClN3O4. The summed E-state index contributed by atoms with van der Waals surface area (Å²) < 4.78 is 10.7. The van der Waals surface area contributed by atoms with E-state index in [1.807, 2.05) is 12.1 Å². The average Bonchev–Trinajstić information content (AvgIpc) is 3.21. The summed E-state index contributed by atoms with van der Waals surface area (Å²) in [6.45, 7) is 0.209. The van der Waals surface area contributed by atoms with Gasteiger partial charge in [-0.05, 0) is 42.0 Å². The summed E-state index contributed by atoms with van der Waals surface area (Å²) in [4.78, 5) is 23.7. The van der Waals surface area contributed by atoms with Crippen LogP contribution in [0.15, 0.2) is 70.2 Å². The van der Waals surface area contributed by atoms with E-state index in [0.29, 0.717) is 22.3 Å². The zero-order valence-electron chi connectivity index (χ0n) is 15.5. The molecule has 8 heteroatoms. The summed E-state index contributed by atoms with van der Waals surface area (Å²) in [5.41, 5.74) is 3.81. The molecule has 29 heavy (non-hydrogen) atoms. The van der Waals surface area contributed by atoms with Crippen molar-refractivity contribution in [3.05, 3.63) is 77.0 Å². The normalized spacial score (nSPS) is 10.7. The highest BCUT2D eigenvalue weighted by atomic mass is 35.5. The van der Waals surface area contributed by atoms with Gasteiger partial charge in [0.1, 0.15) is 17.3 Å². The quantitative estimate of drug-likeness (QED) is 0.369. The zero-order valence-corrected chi connectivity index (χ0v) is 16.3. The second-order valence-corrected chi connectivity index (χ2v) is 6.38. The maximum absolute atomic E-state index is 11.8. The molecule has 0 bridgehead atoms. The van der Waals surface area contributed by atoms with Crippen molar-refractivity contribution in [2.24, 2.45) is 5.10 Å². The molecule has 0 atom stereocenters. The fourth-order valence-electron chi connectivity index (χ4n) is 2.43. The number of amides is 2. The molecule has 1 aromatic heterocycles. The number of hydrazone groups is 1. The molecule has 2 N–H and O–H groups in total. The lowest BCUT2D eigenvalue weighted by molar-refractivity contribution is -0.139. The van der Waals surface area contributed by atoms with E-state index < -0.39 is 11.8 Å². The number of hydrogen-bond donors (Lipinski definition) is 2. The van der Waals surface area contributed by atoms with E-state index in [0.717, 1.165) is 11.1 Å². The number of ether oxygens (including phenoxy) is 1. The van der Waals surface area contributed by atoms with Crippen LogP contribution in [0.3, 0.4) is 0 Å². The molecule has 0 aliphatic carbocycles. The van der Waals surface area contributed by atoms with Crippen LogP contribution < -0.4 is 15.5 Å². The van der Waals surface area contributed by atoms with Gasteiger partial charge in [-0.3, -0.25) is 9.59 Å². The van der Waals surface area contributed by atoms with Crippen molar-refractivity contribution >= 4 is 29.6 Å². The topological polar surface area (TPSA) is 92.9 Å². The van der Waals surface area contributed by atoms with Crippen LogP contribution in [0.5, 0.6) is 5.75 Å². The van der Waals surface area contributed by atoms with Gasteiger partial charge in [0.05, 0.1) is 13.3 Å². The Morgan fingerprint density at radius 1 is 1.10 bits per heavy atom. The third-order valence-electron chi connectivity index (χ3n) is 3.91. The molecule has 1 heterocycles. The van der Waals surface area contributed by atoms with Crippen LogP contribution in [0.1, 0.15) is 11.3 Å². The Balaban J connectivity index is 1.49. The lowest BCUT2D eigenvalue weighted by Crippen LogP contribution is -2.37. The van der Waals surface area contributed by atoms with E-state index in [1.165, 1.54) is 6.21 Å². The maximum Gasteiger partial charge on any atom is 0.329 e. The smallest absolute Gasteiger partial charge is 0.329 e. The van der Waals surface area contributed by atoms with Gasteiger partial charge < -0.3 is 14.5 Å². The molecule has 148 valence electrons. The van der Waals surface area contributed by atoms with Crippen molar-refractivity contribution in [3.63, 3.8) is 0 Å². The SMILES string of the molecule is COc1ccc(CNC(=O)C(=O)N/N=C/c2ccc(-c3cccc(Cl)c3)o2)cc1. The lowest BCUT2D eigenvalue weighted by atomic mass is 10.2. The fourth-order valence-corrected chi connectivity index (χ4v) is 2.62. The van der Waals surface area contributed by atoms with Gasteiger partial charge in [-0.15, -0.1) is 0 Å². The van der Waals surface area contributed by atoms with Crippen molar-refractivity contribution in [1.82, 2.24) is 10.7 Å². The van der Waals surface area contributed by atoms with Gasteiger partial charge in [-0.25, -0.2) is 5.43 Å². The van der Waals surface area contributed by atoms with Crippen LogP contribution in [0, 0.1) is 0 Å². The lowest BCUT2D eigenvalue weighted by Gasteiger charge is -2.05. The Labute approximate surface area is 172 Å². The molecular weight excluding hydrogens is 394 g/mol. The largest absolute Gasteiger partial charge is 0.497 e. The molecule has 0 aliphatic heterocycles. The molecule has 3 rings (SSSR count). The first-order valence-corrected chi connectivity index (χ1v) is 9.03. The first-order valence-electron chi connectivity index (χ1n) is 8.65. The van der Waals surface area contributed by atoms with E-state index in [2.05, 4.69) is 15.8 Å². The standard InChI is InChI=1S/C21H18ClN3O4/c1-28-17-7-5-14(6-8-17)12-23-20(26)21(27)25-24-13-18-9-10-19(29-18)15-3-2-4-16(22)11-15/h2-11,13H,12H2,1H3,(H,23,26)(H,25,27)/b24-13+. The molecule has 0 unspecified atom stereocenters. The minimum atomic E-state index is -0.878. The molecule has 0 saturated heterocycles. The number of hydrogen-bond acceptors (Lipinski definition) is 5. The van der Waals surface area contributed by atoms with E-state index in [-0.39, 0.29) is 6.54 Å². The molecule has 0 saturated carbocycles. The second-order valence-electron chi connectivity index (χ2n) is 5.94. The van der Waals surface area contributed by atoms with E-state index >= 15 is 0 Å². The highest BCUT2D eigenvalue weighted by molar-refractivity contribution is 6.35. The Morgan fingerprint density at radius 2 is 1.90 bits per heavy atom. The predicted molar refractivity (Wildman–Crippen MR) is 110 cm³/mol.